The fraction of sp³-hybridized carbons (Fsp3) is 0.474. The molecule has 0 aromatic heterocycles. The van der Waals surface area contributed by atoms with Crippen molar-refractivity contribution in [3.8, 4) is 0 Å². The number of benzene rings is 1. The summed E-state index contributed by atoms with van der Waals surface area (Å²) < 4.78 is 29.3. The predicted molar refractivity (Wildman–Crippen MR) is 90.1 cm³/mol. The molecule has 0 bridgehead atoms. The Morgan fingerprint density at radius 2 is 2.08 bits per heavy atom. The Morgan fingerprint density at radius 1 is 1.31 bits per heavy atom. The number of hydrogen-bond acceptors (Lipinski definition) is 5. The number of amides is 1. The number of ether oxygens (including phenoxy) is 3. The van der Waals surface area contributed by atoms with Crippen LogP contribution in [-0.4, -0.2) is 25.5 Å². The number of carbonyl (C=O) groups excluding carboxylic acids is 2. The molecule has 4 unspecified atom stereocenters. The van der Waals surface area contributed by atoms with Gasteiger partial charge in [-0.3, -0.25) is 0 Å². The Hall–Kier alpha value is -2.57. The van der Waals surface area contributed by atoms with E-state index in [2.05, 4.69) is 5.32 Å². The van der Waals surface area contributed by atoms with Gasteiger partial charge in [0.1, 0.15) is 5.82 Å². The summed E-state index contributed by atoms with van der Waals surface area (Å²) in [6, 6.07) is 6.20. The summed E-state index contributed by atoms with van der Waals surface area (Å²) in [6.07, 6.45) is 1.58. The third-order valence-electron chi connectivity index (χ3n) is 5.12. The fourth-order valence-corrected chi connectivity index (χ4v) is 3.74. The van der Waals surface area contributed by atoms with Gasteiger partial charge in [0.2, 0.25) is 6.29 Å². The largest absolute Gasteiger partial charge is 0.466 e. The third kappa shape index (κ3) is 3.66. The molecule has 140 valence electrons. The molecule has 7 heteroatoms. The summed E-state index contributed by atoms with van der Waals surface area (Å²) in [5.41, 5.74) is 0.850. The second-order valence-electron chi connectivity index (χ2n) is 6.66. The van der Waals surface area contributed by atoms with Crippen LogP contribution in [0.25, 0.3) is 0 Å². The van der Waals surface area contributed by atoms with Crippen LogP contribution in [0.5, 0.6) is 0 Å². The molecule has 1 heterocycles. The quantitative estimate of drug-likeness (QED) is 0.832. The normalized spacial score (nSPS) is 27.0. The van der Waals surface area contributed by atoms with Gasteiger partial charge in [0.05, 0.1) is 18.9 Å². The standard InChI is InChI=1S/C19H22FNO5/c1-11-7-8-13-14(17(22)24-2)10-25-18(16(11)13)26-19(23)21-9-12-5-3-4-6-15(12)20/h3-6,10-11,13,16,18H,7-9H2,1-2H3,(H,21,23). The Labute approximate surface area is 151 Å². The smallest absolute Gasteiger partial charge is 0.410 e. The van der Waals surface area contributed by atoms with Crippen LogP contribution in [0.4, 0.5) is 9.18 Å². The van der Waals surface area contributed by atoms with E-state index in [1.807, 2.05) is 6.92 Å². The van der Waals surface area contributed by atoms with Crippen molar-refractivity contribution >= 4 is 12.1 Å². The zero-order valence-electron chi connectivity index (χ0n) is 14.7. The SMILES string of the molecule is COC(=O)C1=COC(OC(=O)NCc2ccccc2F)C2C(C)CCC12. The minimum Gasteiger partial charge on any atom is -0.466 e. The Balaban J connectivity index is 1.64. The summed E-state index contributed by atoms with van der Waals surface area (Å²) in [4.78, 5) is 24.0. The van der Waals surface area contributed by atoms with Gasteiger partial charge in [0, 0.05) is 23.9 Å². The average molecular weight is 363 g/mol. The van der Waals surface area contributed by atoms with Gasteiger partial charge in [-0.15, -0.1) is 0 Å². The molecule has 4 atom stereocenters. The molecule has 1 amide bonds. The first kappa shape index (κ1) is 18.2. The van der Waals surface area contributed by atoms with Crippen molar-refractivity contribution in [2.45, 2.75) is 32.6 Å². The van der Waals surface area contributed by atoms with Gasteiger partial charge in [0.15, 0.2) is 0 Å². The Kier molecular flexibility index (Phi) is 5.44. The van der Waals surface area contributed by atoms with E-state index in [0.29, 0.717) is 11.1 Å². The Morgan fingerprint density at radius 3 is 2.81 bits per heavy atom. The van der Waals surface area contributed by atoms with Crippen LogP contribution in [0.15, 0.2) is 36.1 Å². The molecule has 0 spiro atoms. The van der Waals surface area contributed by atoms with Crippen LogP contribution in [0.2, 0.25) is 0 Å². The lowest BCUT2D eigenvalue weighted by atomic mass is 9.83. The van der Waals surface area contributed by atoms with E-state index >= 15 is 0 Å². The number of esters is 1. The molecule has 6 nitrogen and oxygen atoms in total. The monoisotopic (exact) mass is 363 g/mol. The first-order chi connectivity index (χ1) is 12.5. The molecule has 0 radical (unpaired) electrons. The molecule has 1 aromatic carbocycles. The summed E-state index contributed by atoms with van der Waals surface area (Å²) in [6.45, 7) is 2.06. The fourth-order valence-electron chi connectivity index (χ4n) is 3.74. The maximum absolute atomic E-state index is 13.6. The van der Waals surface area contributed by atoms with E-state index in [9.17, 15) is 14.0 Å². The highest BCUT2D eigenvalue weighted by atomic mass is 19.1. The lowest BCUT2D eigenvalue weighted by molar-refractivity contribution is -0.145. The van der Waals surface area contributed by atoms with Crippen LogP contribution >= 0.6 is 0 Å². The molecule has 3 rings (SSSR count). The molecule has 2 aliphatic rings. The van der Waals surface area contributed by atoms with Crippen molar-refractivity contribution in [2.75, 3.05) is 7.11 Å². The summed E-state index contributed by atoms with van der Waals surface area (Å²) in [7, 11) is 1.33. The van der Waals surface area contributed by atoms with Crippen molar-refractivity contribution in [1.29, 1.82) is 0 Å². The van der Waals surface area contributed by atoms with E-state index in [4.69, 9.17) is 14.2 Å². The number of rotatable bonds is 4. The molecular formula is C19H22FNO5. The van der Waals surface area contributed by atoms with Crippen LogP contribution in [0.3, 0.4) is 0 Å². The minimum atomic E-state index is -0.786. The van der Waals surface area contributed by atoms with Crippen LogP contribution in [0.1, 0.15) is 25.3 Å². The number of halogens is 1. The highest BCUT2D eigenvalue weighted by Gasteiger charge is 2.48. The molecule has 0 saturated heterocycles. The second-order valence-corrected chi connectivity index (χ2v) is 6.66. The number of methoxy groups -OCH3 is 1. The number of hydrogen-bond donors (Lipinski definition) is 1. The first-order valence-electron chi connectivity index (χ1n) is 8.63. The van der Waals surface area contributed by atoms with E-state index in [1.54, 1.807) is 18.2 Å². The van der Waals surface area contributed by atoms with Gasteiger partial charge in [-0.25, -0.2) is 14.0 Å². The lowest BCUT2D eigenvalue weighted by Gasteiger charge is -2.34. The predicted octanol–water partition coefficient (Wildman–Crippen LogP) is 3.13. The zero-order chi connectivity index (χ0) is 18.7. The average Bonchev–Trinajstić information content (AvgIpc) is 3.03. The molecule has 1 aliphatic heterocycles. The van der Waals surface area contributed by atoms with Gasteiger partial charge in [-0.05, 0) is 24.8 Å². The van der Waals surface area contributed by atoms with Gasteiger partial charge in [0.25, 0.3) is 0 Å². The summed E-state index contributed by atoms with van der Waals surface area (Å²) in [5.74, 6) is -0.755. The van der Waals surface area contributed by atoms with Crippen molar-refractivity contribution in [2.24, 2.45) is 17.8 Å². The van der Waals surface area contributed by atoms with E-state index in [0.717, 1.165) is 12.8 Å². The van der Waals surface area contributed by atoms with Crippen molar-refractivity contribution in [3.05, 3.63) is 47.5 Å². The lowest BCUT2D eigenvalue weighted by Crippen LogP contribution is -2.41. The third-order valence-corrected chi connectivity index (χ3v) is 5.12. The Bertz CT molecular complexity index is 720. The van der Waals surface area contributed by atoms with Gasteiger partial charge < -0.3 is 19.5 Å². The van der Waals surface area contributed by atoms with Gasteiger partial charge in [-0.1, -0.05) is 25.1 Å². The number of fused-ring (bicyclic) bond motifs is 1. The maximum atomic E-state index is 13.6. The number of alkyl carbamates (subject to hydrolysis) is 1. The summed E-state index contributed by atoms with van der Waals surface area (Å²) in [5, 5.41) is 2.53. The van der Waals surface area contributed by atoms with Crippen LogP contribution in [0, 0.1) is 23.6 Å². The van der Waals surface area contributed by atoms with Gasteiger partial charge in [-0.2, -0.15) is 0 Å². The molecule has 1 fully saturated rings. The van der Waals surface area contributed by atoms with E-state index in [1.165, 1.54) is 19.4 Å². The van der Waals surface area contributed by atoms with Crippen molar-refractivity contribution in [3.63, 3.8) is 0 Å². The minimum absolute atomic E-state index is 0.0190. The maximum Gasteiger partial charge on any atom is 0.410 e. The molecule has 1 saturated carbocycles. The second kappa shape index (κ2) is 7.76. The van der Waals surface area contributed by atoms with E-state index in [-0.39, 0.29) is 24.3 Å². The molecule has 1 N–H and O–H groups in total. The van der Waals surface area contributed by atoms with Gasteiger partial charge >= 0.3 is 12.1 Å². The number of carbonyl (C=O) groups is 2. The highest BCUT2D eigenvalue weighted by molar-refractivity contribution is 5.89. The van der Waals surface area contributed by atoms with Crippen LogP contribution in [-0.2, 0) is 25.5 Å². The topological polar surface area (TPSA) is 73.9 Å². The zero-order valence-corrected chi connectivity index (χ0v) is 14.7. The number of nitrogens with one attached hydrogen (secondary N) is 1. The highest BCUT2D eigenvalue weighted by Crippen LogP contribution is 2.46. The first-order valence-corrected chi connectivity index (χ1v) is 8.63. The van der Waals surface area contributed by atoms with E-state index < -0.39 is 24.2 Å². The molecule has 26 heavy (non-hydrogen) atoms. The van der Waals surface area contributed by atoms with Crippen molar-refractivity contribution in [1.82, 2.24) is 5.32 Å². The van der Waals surface area contributed by atoms with Crippen LogP contribution < -0.4 is 5.32 Å². The summed E-state index contributed by atoms with van der Waals surface area (Å²) >= 11 is 0. The molecule has 1 aliphatic carbocycles. The molecule has 1 aromatic rings. The molecular weight excluding hydrogens is 341 g/mol. The van der Waals surface area contributed by atoms with Crippen molar-refractivity contribution < 1.29 is 28.2 Å².